The molecule has 5 aromatic rings. The highest BCUT2D eigenvalue weighted by Gasteiger charge is 2.23. The molecule has 6 rings (SSSR count). The van der Waals surface area contributed by atoms with Crippen LogP contribution in [0.4, 0.5) is 5.82 Å². The number of hydrogen-bond acceptors (Lipinski definition) is 7. The Kier molecular flexibility index (Phi) is 6.31. The zero-order valence-corrected chi connectivity index (χ0v) is 21.5. The normalized spacial score (nSPS) is 14.1. The molecule has 1 fully saturated rings. The van der Waals surface area contributed by atoms with Crippen LogP contribution in [0.5, 0.6) is 0 Å². The quantitative estimate of drug-likeness (QED) is 0.356. The second-order valence-electron chi connectivity index (χ2n) is 9.43. The van der Waals surface area contributed by atoms with E-state index in [1.165, 1.54) is 24.2 Å². The molecule has 9 heteroatoms. The van der Waals surface area contributed by atoms with Gasteiger partial charge in [0.1, 0.15) is 16.2 Å². The van der Waals surface area contributed by atoms with E-state index in [9.17, 15) is 9.59 Å². The number of anilines is 1. The second-order valence-corrected chi connectivity index (χ2v) is 10.5. The Bertz CT molecular complexity index is 1660. The Morgan fingerprint density at radius 3 is 2.70 bits per heavy atom. The number of thiazole rings is 1. The van der Waals surface area contributed by atoms with E-state index in [4.69, 9.17) is 4.98 Å². The lowest BCUT2D eigenvalue weighted by atomic mass is 10.1. The largest absolute Gasteiger partial charge is 0.358 e. The molecule has 4 aromatic heterocycles. The van der Waals surface area contributed by atoms with Gasteiger partial charge >= 0.3 is 0 Å². The fraction of sp³-hybridized carbons (Fsp3) is 0.286. The van der Waals surface area contributed by atoms with Crippen molar-refractivity contribution in [2.24, 2.45) is 0 Å². The lowest BCUT2D eigenvalue weighted by molar-refractivity contribution is 0.0951. The molecule has 0 unspecified atom stereocenters. The molecular weight excluding hydrogens is 484 g/mol. The van der Waals surface area contributed by atoms with Crippen LogP contribution in [-0.4, -0.2) is 58.4 Å². The number of pyridine rings is 3. The number of carbonyl (C=O) groups is 1. The molecule has 0 saturated carbocycles. The second kappa shape index (κ2) is 9.91. The number of rotatable bonds is 7. The Balaban J connectivity index is 1.44. The number of nitrogens with one attached hydrogen (secondary N) is 1. The van der Waals surface area contributed by atoms with Crippen LogP contribution in [0.1, 0.15) is 28.9 Å². The van der Waals surface area contributed by atoms with Crippen LogP contribution in [0.15, 0.2) is 65.6 Å². The van der Waals surface area contributed by atoms with E-state index in [-0.39, 0.29) is 17.5 Å². The number of benzene rings is 1. The number of likely N-dealkylation sites (N-methyl/N-ethyl adjacent to an activating group) is 1. The van der Waals surface area contributed by atoms with Crippen LogP contribution >= 0.6 is 11.3 Å². The highest BCUT2D eigenvalue weighted by Crippen LogP contribution is 2.31. The van der Waals surface area contributed by atoms with E-state index in [1.54, 1.807) is 12.3 Å². The van der Waals surface area contributed by atoms with Crippen molar-refractivity contribution in [3.8, 4) is 0 Å². The number of likely N-dealkylation sites (tertiary alicyclic amines) is 1. The summed E-state index contributed by atoms with van der Waals surface area (Å²) in [4.78, 5) is 41.5. The minimum atomic E-state index is -0.409. The number of para-hydroxylation sites is 1. The van der Waals surface area contributed by atoms with Gasteiger partial charge in [0, 0.05) is 26.3 Å². The maximum absolute atomic E-state index is 13.7. The first-order valence-corrected chi connectivity index (χ1v) is 13.4. The van der Waals surface area contributed by atoms with E-state index >= 15 is 0 Å². The van der Waals surface area contributed by atoms with Gasteiger partial charge in [-0.2, -0.15) is 0 Å². The summed E-state index contributed by atoms with van der Waals surface area (Å²) < 4.78 is 2.95. The molecule has 0 bridgehead atoms. The maximum Gasteiger partial charge on any atom is 0.258 e. The molecule has 188 valence electrons. The van der Waals surface area contributed by atoms with Crippen molar-refractivity contribution in [3.63, 3.8) is 0 Å². The standard InChI is InChI=1S/C28H28N6O2S/c1-32(16-17-33-14-6-7-15-33)23-12-11-20-25(35)24(27(36)30-18-19-8-4-5-13-29-19)28-34(26(20)31-23)21-9-2-3-10-22(21)37-28/h2-5,8-13H,6-7,14-18H2,1H3,(H,30,36). The van der Waals surface area contributed by atoms with Crippen molar-refractivity contribution < 1.29 is 4.79 Å². The van der Waals surface area contributed by atoms with E-state index in [0.29, 0.717) is 15.9 Å². The zero-order valence-electron chi connectivity index (χ0n) is 20.7. The summed E-state index contributed by atoms with van der Waals surface area (Å²) in [5, 5.41) is 3.32. The molecule has 1 saturated heterocycles. The van der Waals surface area contributed by atoms with Gasteiger partial charge in [-0.05, 0) is 62.3 Å². The van der Waals surface area contributed by atoms with Crippen LogP contribution in [0.25, 0.3) is 26.1 Å². The fourth-order valence-electron chi connectivity index (χ4n) is 4.97. The summed E-state index contributed by atoms with van der Waals surface area (Å²) >= 11 is 1.43. The molecule has 0 aliphatic carbocycles. The van der Waals surface area contributed by atoms with Crippen LogP contribution in [-0.2, 0) is 6.54 Å². The first kappa shape index (κ1) is 23.6. The van der Waals surface area contributed by atoms with Gasteiger partial charge in [-0.1, -0.05) is 18.2 Å². The van der Waals surface area contributed by atoms with Crippen LogP contribution in [0.2, 0.25) is 0 Å². The van der Waals surface area contributed by atoms with Crippen LogP contribution in [0.3, 0.4) is 0 Å². The minimum Gasteiger partial charge on any atom is -0.358 e. The first-order valence-electron chi connectivity index (χ1n) is 12.6. The molecule has 1 aromatic carbocycles. The smallest absolute Gasteiger partial charge is 0.258 e. The third kappa shape index (κ3) is 4.45. The summed E-state index contributed by atoms with van der Waals surface area (Å²) in [7, 11) is 2.04. The van der Waals surface area contributed by atoms with Crippen molar-refractivity contribution in [3.05, 3.63) is 82.3 Å². The van der Waals surface area contributed by atoms with E-state index in [1.807, 2.05) is 60.0 Å². The van der Waals surface area contributed by atoms with Gasteiger partial charge in [0.15, 0.2) is 5.65 Å². The van der Waals surface area contributed by atoms with E-state index < -0.39 is 5.91 Å². The number of aromatic nitrogens is 3. The lowest BCUT2D eigenvalue weighted by Crippen LogP contribution is -2.32. The molecular formula is C28H28N6O2S. The molecule has 8 nitrogen and oxygen atoms in total. The SMILES string of the molecule is CN(CCN1CCCC1)c1ccc2c(=O)c(C(=O)NCc3ccccn3)c3sc4ccccc4n3c2n1. The van der Waals surface area contributed by atoms with Gasteiger partial charge in [0.2, 0.25) is 5.43 Å². The minimum absolute atomic E-state index is 0.140. The molecule has 1 aliphatic rings. The highest BCUT2D eigenvalue weighted by molar-refractivity contribution is 7.24. The van der Waals surface area contributed by atoms with Gasteiger partial charge in [0.05, 0.1) is 27.8 Å². The Hall–Kier alpha value is -3.82. The average molecular weight is 513 g/mol. The van der Waals surface area contributed by atoms with Crippen molar-refractivity contribution in [2.75, 3.05) is 38.1 Å². The van der Waals surface area contributed by atoms with Crippen LogP contribution in [0, 0.1) is 0 Å². The summed E-state index contributed by atoms with van der Waals surface area (Å²) in [5.74, 6) is 0.399. The van der Waals surface area contributed by atoms with Crippen molar-refractivity contribution in [2.45, 2.75) is 19.4 Å². The number of nitrogens with zero attached hydrogens (tertiary/aromatic N) is 5. The number of amides is 1. The van der Waals surface area contributed by atoms with Gasteiger partial charge in [-0.25, -0.2) is 4.98 Å². The number of hydrogen-bond donors (Lipinski definition) is 1. The molecule has 0 spiro atoms. The van der Waals surface area contributed by atoms with Gasteiger partial charge in [-0.15, -0.1) is 11.3 Å². The van der Waals surface area contributed by atoms with Crippen molar-refractivity contribution in [1.82, 2.24) is 24.6 Å². The molecule has 1 N–H and O–H groups in total. The third-order valence-electron chi connectivity index (χ3n) is 7.00. The lowest BCUT2D eigenvalue weighted by Gasteiger charge is -2.22. The third-order valence-corrected chi connectivity index (χ3v) is 8.14. The number of carbonyl (C=O) groups excluding carboxylic acids is 1. The first-order chi connectivity index (χ1) is 18.1. The van der Waals surface area contributed by atoms with Gasteiger partial charge in [0.25, 0.3) is 5.91 Å². The average Bonchev–Trinajstić information content (AvgIpc) is 3.59. The Morgan fingerprint density at radius 2 is 1.89 bits per heavy atom. The number of fused-ring (bicyclic) bond motifs is 5. The van der Waals surface area contributed by atoms with Crippen LogP contribution < -0.4 is 15.6 Å². The molecule has 37 heavy (non-hydrogen) atoms. The van der Waals surface area contributed by atoms with E-state index in [2.05, 4.69) is 20.1 Å². The predicted molar refractivity (Wildman–Crippen MR) is 149 cm³/mol. The summed E-state index contributed by atoms with van der Waals surface area (Å²) in [5.41, 5.74) is 2.06. The summed E-state index contributed by atoms with van der Waals surface area (Å²) in [6.45, 7) is 4.40. The monoisotopic (exact) mass is 512 g/mol. The molecule has 1 amide bonds. The fourth-order valence-corrected chi connectivity index (χ4v) is 6.15. The van der Waals surface area contributed by atoms with Gasteiger partial charge < -0.3 is 15.1 Å². The van der Waals surface area contributed by atoms with Crippen molar-refractivity contribution >= 4 is 49.1 Å². The highest BCUT2D eigenvalue weighted by atomic mass is 32.1. The maximum atomic E-state index is 13.7. The topological polar surface area (TPSA) is 82.8 Å². The molecule has 0 radical (unpaired) electrons. The molecule has 1 aliphatic heterocycles. The van der Waals surface area contributed by atoms with E-state index in [0.717, 1.165) is 47.9 Å². The predicted octanol–water partition coefficient (Wildman–Crippen LogP) is 3.92. The zero-order chi connectivity index (χ0) is 25.4. The Morgan fingerprint density at radius 1 is 1.08 bits per heavy atom. The summed E-state index contributed by atoms with van der Waals surface area (Å²) in [6, 6.07) is 17.2. The Labute approximate surface area is 218 Å². The molecule has 0 atom stereocenters. The molecule has 5 heterocycles. The van der Waals surface area contributed by atoms with Crippen molar-refractivity contribution in [1.29, 1.82) is 0 Å². The van der Waals surface area contributed by atoms with Gasteiger partial charge in [-0.3, -0.25) is 19.0 Å². The summed E-state index contributed by atoms with van der Waals surface area (Å²) in [6.07, 6.45) is 4.21.